The van der Waals surface area contributed by atoms with Crippen molar-refractivity contribution in [2.45, 2.75) is 39.3 Å². The van der Waals surface area contributed by atoms with Gasteiger partial charge < -0.3 is 35.2 Å². The van der Waals surface area contributed by atoms with Crippen LogP contribution in [-0.2, 0) is 9.59 Å². The van der Waals surface area contributed by atoms with E-state index in [0.717, 1.165) is 10.3 Å². The maximum absolute atomic E-state index is 13.4. The largest absolute Gasteiger partial charge is 0.492 e. The molecule has 0 saturated carbocycles. The van der Waals surface area contributed by atoms with Crippen LogP contribution < -0.4 is 24.9 Å². The van der Waals surface area contributed by atoms with Crippen molar-refractivity contribution < 1.29 is 38.9 Å². The fourth-order valence-electron chi connectivity index (χ4n) is 4.56. The average molecular weight is 564 g/mol. The second-order valence-corrected chi connectivity index (χ2v) is 9.90. The van der Waals surface area contributed by atoms with Gasteiger partial charge in [0.15, 0.2) is 17.3 Å². The first-order valence-electron chi connectivity index (χ1n) is 13.0. The van der Waals surface area contributed by atoms with E-state index < -0.39 is 41.4 Å². The summed E-state index contributed by atoms with van der Waals surface area (Å²) >= 11 is 0. The van der Waals surface area contributed by atoms with Crippen LogP contribution in [0.5, 0.6) is 23.3 Å². The number of ether oxygens (including phenoxy) is 2. The zero-order valence-corrected chi connectivity index (χ0v) is 23.2. The zero-order valence-electron chi connectivity index (χ0n) is 23.2. The molecule has 0 spiro atoms. The number of carbonyl (C=O) groups excluding carboxylic acids is 3. The second-order valence-electron chi connectivity index (χ2n) is 9.90. The average Bonchev–Trinajstić information content (AvgIpc) is 3.51. The minimum atomic E-state index is -1.02. The molecule has 1 aliphatic rings. The molecule has 4 N–H and O–H groups in total. The molecule has 0 aliphatic carbocycles. The summed E-state index contributed by atoms with van der Waals surface area (Å²) in [5, 5.41) is 26.3. The summed E-state index contributed by atoms with van der Waals surface area (Å²) in [6, 6.07) is 12.6. The smallest absolute Gasteiger partial charge is 0.244 e. The van der Waals surface area contributed by atoms with Crippen LogP contribution in [0.4, 0.5) is 0 Å². The van der Waals surface area contributed by atoms with Gasteiger partial charge in [0.25, 0.3) is 0 Å². The number of amides is 2. The molecule has 0 fully saturated rings. The normalized spacial score (nSPS) is 13.7. The standard InChI is InChI=1S/C30H33N3O8/c1-17(2)27(28(36)26-18(3)29(37)33(39-4)30(26)38)32-25(35)15-21(20-8-6-5-7-9-20)31-24(34)13-11-19-10-12-22-23(14-19)41-16-40-22/h5-14,17,21,27,37-38H,15-16H2,1-4H3,(H,31,34)(H,32,35)/t21-,27-/m0/s1. The Bertz CT molecular complexity index is 1460. The lowest BCUT2D eigenvalue weighted by Crippen LogP contribution is -2.45. The Balaban J connectivity index is 1.49. The summed E-state index contributed by atoms with van der Waals surface area (Å²) in [4.78, 5) is 44.5. The monoisotopic (exact) mass is 563 g/mol. The van der Waals surface area contributed by atoms with E-state index in [-0.39, 0.29) is 30.3 Å². The molecule has 11 heteroatoms. The quantitative estimate of drug-likeness (QED) is 0.205. The van der Waals surface area contributed by atoms with Gasteiger partial charge in [0.2, 0.25) is 30.4 Å². The van der Waals surface area contributed by atoms with Gasteiger partial charge in [-0.05, 0) is 42.2 Å². The van der Waals surface area contributed by atoms with Crippen LogP contribution >= 0.6 is 0 Å². The molecule has 11 nitrogen and oxygen atoms in total. The molecule has 3 aromatic rings. The Morgan fingerprint density at radius 3 is 2.39 bits per heavy atom. The molecule has 0 unspecified atom stereocenters. The number of benzene rings is 2. The first kappa shape index (κ1) is 29.1. The van der Waals surface area contributed by atoms with Gasteiger partial charge in [-0.15, -0.1) is 4.73 Å². The SMILES string of the molecule is COn1c(O)c(C)c(C(=O)[C@@H](NC(=O)C[C@H](NC(=O)C=Cc2ccc3c(c2)OCO3)c2ccccc2)C(C)C)c1O. The van der Waals surface area contributed by atoms with E-state index in [2.05, 4.69) is 10.6 Å². The van der Waals surface area contributed by atoms with Crippen molar-refractivity contribution in [3.05, 3.63) is 76.9 Å². The van der Waals surface area contributed by atoms with E-state index in [1.165, 1.54) is 20.1 Å². The summed E-state index contributed by atoms with van der Waals surface area (Å²) in [5.74, 6) is -1.58. The predicted octanol–water partition coefficient (Wildman–Crippen LogP) is 3.28. The van der Waals surface area contributed by atoms with E-state index in [0.29, 0.717) is 17.1 Å². The summed E-state index contributed by atoms with van der Waals surface area (Å²) in [6.45, 7) is 5.12. The molecular formula is C30H33N3O8. The number of fused-ring (bicyclic) bond motifs is 1. The molecule has 1 aromatic heterocycles. The molecule has 41 heavy (non-hydrogen) atoms. The van der Waals surface area contributed by atoms with Gasteiger partial charge in [-0.25, -0.2) is 0 Å². The van der Waals surface area contributed by atoms with Gasteiger partial charge in [0.05, 0.1) is 24.1 Å². The Morgan fingerprint density at radius 1 is 1.02 bits per heavy atom. The minimum Gasteiger partial charge on any atom is -0.492 e. The Morgan fingerprint density at radius 2 is 1.73 bits per heavy atom. The summed E-state index contributed by atoms with van der Waals surface area (Å²) < 4.78 is 11.4. The number of nitrogens with zero attached hydrogens (tertiary/aromatic N) is 1. The van der Waals surface area contributed by atoms with Gasteiger partial charge in [0, 0.05) is 11.6 Å². The van der Waals surface area contributed by atoms with Crippen molar-refractivity contribution in [1.82, 2.24) is 15.4 Å². The predicted molar refractivity (Wildman–Crippen MR) is 150 cm³/mol. The molecule has 216 valence electrons. The number of aromatic hydroxyl groups is 2. The summed E-state index contributed by atoms with van der Waals surface area (Å²) in [6.07, 6.45) is 2.84. The van der Waals surface area contributed by atoms with Gasteiger partial charge in [-0.3, -0.25) is 14.4 Å². The minimum absolute atomic E-state index is 0.123. The number of hydrogen-bond donors (Lipinski definition) is 4. The lowest BCUT2D eigenvalue weighted by molar-refractivity contribution is -0.123. The van der Waals surface area contributed by atoms with E-state index >= 15 is 0 Å². The topological polar surface area (TPSA) is 148 Å². The highest BCUT2D eigenvalue weighted by molar-refractivity contribution is 6.05. The van der Waals surface area contributed by atoms with Gasteiger partial charge >= 0.3 is 0 Å². The Labute approximate surface area is 237 Å². The maximum Gasteiger partial charge on any atom is 0.244 e. The number of aromatic nitrogens is 1. The van der Waals surface area contributed by atoms with Crippen LogP contribution in [-0.4, -0.2) is 52.5 Å². The van der Waals surface area contributed by atoms with E-state index in [9.17, 15) is 24.6 Å². The number of hydrogen-bond acceptors (Lipinski definition) is 8. The second kappa shape index (κ2) is 12.5. The lowest BCUT2D eigenvalue weighted by atomic mass is 9.93. The van der Waals surface area contributed by atoms with Crippen molar-refractivity contribution in [2.75, 3.05) is 13.9 Å². The molecule has 2 amide bonds. The third-order valence-electron chi connectivity index (χ3n) is 6.75. The number of rotatable bonds is 11. The summed E-state index contributed by atoms with van der Waals surface area (Å²) in [7, 11) is 1.23. The highest BCUT2D eigenvalue weighted by atomic mass is 16.7. The van der Waals surface area contributed by atoms with Gasteiger partial charge in [-0.1, -0.05) is 50.2 Å². The first-order valence-corrected chi connectivity index (χ1v) is 13.0. The van der Waals surface area contributed by atoms with Crippen molar-refractivity contribution in [3.63, 3.8) is 0 Å². The Kier molecular flexibility index (Phi) is 8.86. The molecule has 1 aliphatic heterocycles. The van der Waals surface area contributed by atoms with Gasteiger partial charge in [0.1, 0.15) is 7.11 Å². The Hall–Kier alpha value is -4.93. The van der Waals surface area contributed by atoms with Crippen LogP contribution in [0.1, 0.15) is 53.4 Å². The lowest BCUT2D eigenvalue weighted by Gasteiger charge is -2.24. The van der Waals surface area contributed by atoms with Crippen molar-refractivity contribution in [2.24, 2.45) is 5.92 Å². The van der Waals surface area contributed by atoms with E-state index in [4.69, 9.17) is 14.3 Å². The van der Waals surface area contributed by atoms with Crippen LogP contribution in [0.3, 0.4) is 0 Å². The highest BCUT2D eigenvalue weighted by Gasteiger charge is 2.33. The van der Waals surface area contributed by atoms with Crippen molar-refractivity contribution in [1.29, 1.82) is 0 Å². The molecule has 0 bridgehead atoms. The zero-order chi connectivity index (χ0) is 29.7. The fraction of sp³-hybridized carbons (Fsp3) is 0.300. The van der Waals surface area contributed by atoms with E-state index in [1.54, 1.807) is 62.4 Å². The maximum atomic E-state index is 13.4. The fourth-order valence-corrected chi connectivity index (χ4v) is 4.56. The third kappa shape index (κ3) is 6.46. The van der Waals surface area contributed by atoms with Gasteiger partial charge in [-0.2, -0.15) is 0 Å². The molecule has 2 aromatic carbocycles. The molecule has 0 saturated heterocycles. The van der Waals surface area contributed by atoms with Crippen LogP contribution in [0.15, 0.2) is 54.6 Å². The van der Waals surface area contributed by atoms with Crippen molar-refractivity contribution in [3.8, 4) is 23.3 Å². The molecule has 2 heterocycles. The van der Waals surface area contributed by atoms with Crippen LogP contribution in [0.25, 0.3) is 6.08 Å². The van der Waals surface area contributed by atoms with Crippen LogP contribution in [0.2, 0.25) is 0 Å². The molecule has 2 atom stereocenters. The van der Waals surface area contributed by atoms with E-state index in [1.807, 2.05) is 6.07 Å². The number of ketones is 1. The highest BCUT2D eigenvalue weighted by Crippen LogP contribution is 2.34. The van der Waals surface area contributed by atoms with Crippen LogP contribution in [0, 0.1) is 12.8 Å². The number of nitrogens with one attached hydrogen (secondary N) is 2. The summed E-state index contributed by atoms with van der Waals surface area (Å²) in [5.41, 5.74) is 1.42. The molecule has 0 radical (unpaired) electrons. The third-order valence-corrected chi connectivity index (χ3v) is 6.75. The first-order chi connectivity index (χ1) is 19.6. The molecular weight excluding hydrogens is 530 g/mol. The molecule has 4 rings (SSSR count). The van der Waals surface area contributed by atoms with Crippen molar-refractivity contribution >= 4 is 23.7 Å². The number of carbonyl (C=O) groups is 3. The number of Topliss-reactive ketones (excluding diaryl/α,β-unsaturated/α-hetero) is 1.